The van der Waals surface area contributed by atoms with Gasteiger partial charge in [0.2, 0.25) is 5.91 Å². The van der Waals surface area contributed by atoms with Crippen molar-refractivity contribution in [3.8, 4) is 0 Å². The predicted molar refractivity (Wildman–Crippen MR) is 33.0 cm³/mol. The normalized spacial score (nSPS) is 3.57. The fourth-order valence-corrected chi connectivity index (χ4v) is 0. The molecule has 0 aromatic carbocycles. The van der Waals surface area contributed by atoms with Gasteiger partial charge >= 0.3 is 0 Å². The van der Waals surface area contributed by atoms with Crippen LogP contribution in [0.4, 0.5) is 0 Å². The zero-order valence-electron chi connectivity index (χ0n) is 3.80. The van der Waals surface area contributed by atoms with Crippen LogP contribution in [0.2, 0.25) is 0 Å². The Morgan fingerprint density at radius 3 is 1.43 bits per heavy atom. The predicted octanol–water partition coefficient (Wildman–Crippen LogP) is -0.490. The van der Waals surface area contributed by atoms with Gasteiger partial charge in [-0.3, -0.25) is 4.79 Å². The van der Waals surface area contributed by atoms with Crippen LogP contribution in [-0.4, -0.2) is 11.4 Å². The number of rotatable bonds is 0. The highest BCUT2D eigenvalue weighted by molar-refractivity contribution is 5.85. The molecule has 7 heavy (non-hydrogen) atoms. The Morgan fingerprint density at radius 2 is 1.43 bits per heavy atom. The Balaban J connectivity index is -0.0000000150. The van der Waals surface area contributed by atoms with Gasteiger partial charge < -0.3 is 11.2 Å². The van der Waals surface area contributed by atoms with Crippen molar-refractivity contribution in [2.75, 3.05) is 0 Å². The third kappa shape index (κ3) is 966000. The topological polar surface area (TPSA) is 74.6 Å². The second kappa shape index (κ2) is 16.7. The van der Waals surface area contributed by atoms with Crippen LogP contribution in [-0.2, 0) is 4.79 Å². The maximum Gasteiger partial charge on any atom is 0.214 e. The van der Waals surface area contributed by atoms with Gasteiger partial charge in [0, 0.05) is 6.92 Å². The second-order valence-electron chi connectivity index (χ2n) is 0.611. The quantitative estimate of drug-likeness (QED) is 0.497. The largest absolute Gasteiger partial charge is 0.412 e. The number of nitrogens with two attached hydrogens (primary N) is 1. The van der Waals surface area contributed by atoms with E-state index in [9.17, 15) is 4.79 Å². The number of hydrogen-bond donors (Lipinski definition) is 1. The first-order valence-corrected chi connectivity index (χ1v) is 0.993. The van der Waals surface area contributed by atoms with E-state index in [1.165, 1.54) is 6.92 Å². The molecule has 0 saturated carbocycles. The van der Waals surface area contributed by atoms with Crippen LogP contribution >= 0.6 is 24.8 Å². The van der Waals surface area contributed by atoms with Gasteiger partial charge in [-0.05, 0) is 0 Å². The van der Waals surface area contributed by atoms with E-state index >= 15 is 0 Å². The Kier molecular flexibility index (Phi) is 66.5. The standard InChI is InChI=1S/C2H5NO.2ClH.H2O/c1-2(3)4;;;/h1H3,(H2,3,4);2*1H;1H2. The Hall–Kier alpha value is 0.01000. The van der Waals surface area contributed by atoms with Crippen molar-refractivity contribution >= 4 is 30.7 Å². The van der Waals surface area contributed by atoms with Crippen LogP contribution in [0, 0.1) is 0 Å². The SMILES string of the molecule is CC(N)=O.Cl.Cl.O. The number of halogens is 2. The molecule has 0 bridgehead atoms. The second-order valence-corrected chi connectivity index (χ2v) is 0.611. The van der Waals surface area contributed by atoms with E-state index in [2.05, 4.69) is 5.73 Å². The summed E-state index contributed by atoms with van der Waals surface area (Å²) in [6.45, 7) is 1.31. The summed E-state index contributed by atoms with van der Waals surface area (Å²) in [4.78, 5) is 9.22. The van der Waals surface area contributed by atoms with Gasteiger partial charge in [0.15, 0.2) is 0 Å². The van der Waals surface area contributed by atoms with Gasteiger partial charge in [0.1, 0.15) is 0 Å². The molecule has 0 aromatic heterocycles. The molecule has 0 fully saturated rings. The summed E-state index contributed by atoms with van der Waals surface area (Å²) in [5.74, 6) is -0.333. The first kappa shape index (κ1) is 27.9. The lowest BCUT2D eigenvalue weighted by Crippen LogP contribution is -2.01. The maximum atomic E-state index is 9.22. The molecule has 4 N–H and O–H groups in total. The van der Waals surface area contributed by atoms with E-state index in [0.717, 1.165) is 0 Å². The van der Waals surface area contributed by atoms with Crippen molar-refractivity contribution < 1.29 is 10.3 Å². The molecule has 48 valence electrons. The molecular formula is C2H9Cl2NO2. The summed E-state index contributed by atoms with van der Waals surface area (Å²) in [5, 5.41) is 0. The minimum Gasteiger partial charge on any atom is -0.412 e. The van der Waals surface area contributed by atoms with Gasteiger partial charge in [-0.1, -0.05) is 0 Å². The molecule has 0 aliphatic rings. The van der Waals surface area contributed by atoms with Crippen molar-refractivity contribution in [3.63, 3.8) is 0 Å². The fourth-order valence-electron chi connectivity index (χ4n) is 0. The molecule has 0 atom stereocenters. The van der Waals surface area contributed by atoms with Crippen LogP contribution < -0.4 is 5.73 Å². The lowest BCUT2D eigenvalue weighted by molar-refractivity contribution is -0.115. The highest BCUT2D eigenvalue weighted by Gasteiger charge is 1.61. The van der Waals surface area contributed by atoms with Gasteiger partial charge in [-0.2, -0.15) is 0 Å². The van der Waals surface area contributed by atoms with Crippen LogP contribution in [0.5, 0.6) is 0 Å². The zero-order chi connectivity index (χ0) is 3.58. The number of carbonyl (C=O) groups excluding carboxylic acids is 1. The fraction of sp³-hybridized carbons (Fsp3) is 0.500. The molecule has 0 aliphatic carbocycles. The number of hydrogen-bond acceptors (Lipinski definition) is 1. The molecule has 5 heteroatoms. The lowest BCUT2D eigenvalue weighted by atomic mass is 10.8. The number of primary amides is 1. The molecule has 0 radical (unpaired) electrons. The molecule has 0 heterocycles. The van der Waals surface area contributed by atoms with Crippen molar-refractivity contribution in [2.24, 2.45) is 5.73 Å². The van der Waals surface area contributed by atoms with E-state index in [4.69, 9.17) is 0 Å². The van der Waals surface area contributed by atoms with Crippen LogP contribution in [0.3, 0.4) is 0 Å². The minimum atomic E-state index is -0.333. The summed E-state index contributed by atoms with van der Waals surface area (Å²) < 4.78 is 0. The van der Waals surface area contributed by atoms with E-state index in [1.54, 1.807) is 0 Å². The van der Waals surface area contributed by atoms with E-state index < -0.39 is 0 Å². The number of amides is 1. The third-order valence-electron chi connectivity index (χ3n) is 0. The molecule has 0 unspecified atom stereocenters. The highest BCUT2D eigenvalue weighted by Crippen LogP contribution is 1.33. The lowest BCUT2D eigenvalue weighted by Gasteiger charge is -1.60. The van der Waals surface area contributed by atoms with Gasteiger partial charge in [-0.15, -0.1) is 24.8 Å². The van der Waals surface area contributed by atoms with Crippen LogP contribution in [0.15, 0.2) is 0 Å². The summed E-state index contributed by atoms with van der Waals surface area (Å²) in [6.07, 6.45) is 0. The van der Waals surface area contributed by atoms with Crippen LogP contribution in [0.1, 0.15) is 6.92 Å². The molecule has 0 rings (SSSR count). The average Bonchev–Trinajstić information content (AvgIpc) is 0.811. The summed E-state index contributed by atoms with van der Waals surface area (Å²) >= 11 is 0. The van der Waals surface area contributed by atoms with Crippen molar-refractivity contribution in [1.29, 1.82) is 0 Å². The molecule has 3 nitrogen and oxygen atoms in total. The summed E-state index contributed by atoms with van der Waals surface area (Å²) in [7, 11) is 0. The first-order chi connectivity index (χ1) is 1.73. The van der Waals surface area contributed by atoms with Crippen molar-refractivity contribution in [1.82, 2.24) is 0 Å². The van der Waals surface area contributed by atoms with Crippen molar-refractivity contribution in [2.45, 2.75) is 6.92 Å². The van der Waals surface area contributed by atoms with Gasteiger partial charge in [0.05, 0.1) is 0 Å². The maximum absolute atomic E-state index is 9.22. The molecule has 0 aromatic rings. The van der Waals surface area contributed by atoms with Gasteiger partial charge in [0.25, 0.3) is 0 Å². The zero-order valence-corrected chi connectivity index (χ0v) is 5.44. The monoisotopic (exact) mass is 149 g/mol. The number of carbonyl (C=O) groups is 1. The molecule has 0 aliphatic heterocycles. The minimum absolute atomic E-state index is 0. The Bertz CT molecular complexity index is 36.7. The van der Waals surface area contributed by atoms with E-state index in [0.29, 0.717) is 0 Å². The Morgan fingerprint density at radius 1 is 1.43 bits per heavy atom. The highest BCUT2D eigenvalue weighted by atomic mass is 35.5. The van der Waals surface area contributed by atoms with Crippen molar-refractivity contribution in [3.05, 3.63) is 0 Å². The van der Waals surface area contributed by atoms with E-state index in [1.807, 2.05) is 0 Å². The Labute approximate surface area is 54.4 Å². The smallest absolute Gasteiger partial charge is 0.214 e. The van der Waals surface area contributed by atoms with Gasteiger partial charge in [-0.25, -0.2) is 0 Å². The molecule has 1 amide bonds. The van der Waals surface area contributed by atoms with Crippen LogP contribution in [0.25, 0.3) is 0 Å². The molecule has 0 saturated heterocycles. The average molecular weight is 150 g/mol. The summed E-state index contributed by atoms with van der Waals surface area (Å²) in [6, 6.07) is 0. The first-order valence-electron chi connectivity index (χ1n) is 0.993. The van der Waals surface area contributed by atoms with E-state index in [-0.39, 0.29) is 36.2 Å². The summed E-state index contributed by atoms with van der Waals surface area (Å²) in [5.41, 5.74) is 4.47. The third-order valence-corrected chi connectivity index (χ3v) is 0. The molecular weight excluding hydrogens is 141 g/mol. The molecule has 0 spiro atoms.